The second-order valence-corrected chi connectivity index (χ2v) is 6.99. The first kappa shape index (κ1) is 15.4. The van der Waals surface area contributed by atoms with Gasteiger partial charge in [0.1, 0.15) is 11.9 Å². The molecule has 0 bridgehead atoms. The van der Waals surface area contributed by atoms with Crippen molar-refractivity contribution in [3.05, 3.63) is 29.8 Å². The van der Waals surface area contributed by atoms with Crippen LogP contribution < -0.4 is 10.5 Å². The van der Waals surface area contributed by atoms with E-state index in [1.54, 1.807) is 0 Å². The fourth-order valence-electron chi connectivity index (χ4n) is 3.15. The minimum absolute atomic E-state index is 0.154. The number of ether oxygens (including phenoxy) is 1. The van der Waals surface area contributed by atoms with Crippen LogP contribution in [0.25, 0.3) is 0 Å². The summed E-state index contributed by atoms with van der Waals surface area (Å²) in [6, 6.07) is 8.44. The van der Waals surface area contributed by atoms with Crippen molar-refractivity contribution in [1.82, 2.24) is 0 Å². The molecule has 0 saturated heterocycles. The third-order valence-electron chi connectivity index (χ3n) is 5.14. The zero-order valence-electron chi connectivity index (χ0n) is 13.4. The molecule has 1 aliphatic rings. The molecule has 3 atom stereocenters. The van der Waals surface area contributed by atoms with E-state index < -0.39 is 0 Å². The normalized spacial score (nSPS) is 27.4. The van der Waals surface area contributed by atoms with Gasteiger partial charge in [-0.3, -0.25) is 0 Å². The molecule has 0 radical (unpaired) electrons. The van der Waals surface area contributed by atoms with Gasteiger partial charge in [0.25, 0.3) is 0 Å². The molecular formula is C18H29NO. The Bertz CT molecular complexity index is 441. The monoisotopic (exact) mass is 275 g/mol. The number of rotatable bonds is 4. The Hall–Kier alpha value is -1.02. The number of benzene rings is 1. The molecule has 1 aromatic carbocycles. The minimum Gasteiger partial charge on any atom is -0.489 e. The van der Waals surface area contributed by atoms with Gasteiger partial charge in [0, 0.05) is 6.04 Å². The van der Waals surface area contributed by atoms with E-state index in [-0.39, 0.29) is 12.1 Å². The number of hydrogen-bond acceptors (Lipinski definition) is 2. The first-order valence-corrected chi connectivity index (χ1v) is 7.91. The maximum atomic E-state index is 6.29. The number of nitrogens with two attached hydrogens (primary N) is 1. The third-order valence-corrected chi connectivity index (χ3v) is 5.14. The standard InChI is InChI=1S/C18H29NO/c1-5-18(3,4)14-9-10-16(19)17(12-14)20-15-8-6-7-13(2)11-15/h6-8,11,14,16-17H,5,9-10,12,19H2,1-4H3. The minimum atomic E-state index is 0.154. The molecule has 3 unspecified atom stereocenters. The molecule has 1 fully saturated rings. The summed E-state index contributed by atoms with van der Waals surface area (Å²) in [5.74, 6) is 1.67. The molecule has 0 aliphatic heterocycles. The molecule has 0 spiro atoms. The third kappa shape index (κ3) is 3.54. The molecule has 1 aliphatic carbocycles. The van der Waals surface area contributed by atoms with Crippen LogP contribution >= 0.6 is 0 Å². The van der Waals surface area contributed by atoms with Crippen molar-refractivity contribution in [3.8, 4) is 5.75 Å². The molecular weight excluding hydrogens is 246 g/mol. The Kier molecular flexibility index (Phi) is 4.74. The van der Waals surface area contributed by atoms with E-state index in [0.717, 1.165) is 18.6 Å². The summed E-state index contributed by atoms with van der Waals surface area (Å²) in [5.41, 5.74) is 7.90. The molecule has 1 aromatic rings. The van der Waals surface area contributed by atoms with E-state index >= 15 is 0 Å². The quantitative estimate of drug-likeness (QED) is 0.889. The topological polar surface area (TPSA) is 35.2 Å². The molecule has 1 saturated carbocycles. The van der Waals surface area contributed by atoms with E-state index in [2.05, 4.69) is 39.8 Å². The summed E-state index contributed by atoms with van der Waals surface area (Å²) < 4.78 is 6.19. The Morgan fingerprint density at radius 3 is 2.70 bits per heavy atom. The smallest absolute Gasteiger partial charge is 0.120 e. The molecule has 2 nitrogen and oxygen atoms in total. The predicted molar refractivity (Wildman–Crippen MR) is 85.0 cm³/mol. The summed E-state index contributed by atoms with van der Waals surface area (Å²) >= 11 is 0. The Morgan fingerprint density at radius 1 is 1.30 bits per heavy atom. The Labute approximate surface area is 123 Å². The highest BCUT2D eigenvalue weighted by Gasteiger charge is 2.36. The van der Waals surface area contributed by atoms with Crippen LogP contribution in [0.1, 0.15) is 52.0 Å². The SMILES string of the molecule is CCC(C)(C)C1CCC(N)C(Oc2cccc(C)c2)C1. The summed E-state index contributed by atoms with van der Waals surface area (Å²) in [4.78, 5) is 0. The molecule has 20 heavy (non-hydrogen) atoms. The van der Waals surface area contributed by atoms with Gasteiger partial charge in [-0.25, -0.2) is 0 Å². The lowest BCUT2D eigenvalue weighted by Crippen LogP contribution is -2.46. The van der Waals surface area contributed by atoms with Crippen molar-refractivity contribution in [2.24, 2.45) is 17.1 Å². The average Bonchev–Trinajstić information content (AvgIpc) is 2.41. The van der Waals surface area contributed by atoms with Crippen LogP contribution in [0.15, 0.2) is 24.3 Å². The van der Waals surface area contributed by atoms with Crippen LogP contribution in [0.3, 0.4) is 0 Å². The van der Waals surface area contributed by atoms with Gasteiger partial charge in [-0.15, -0.1) is 0 Å². The molecule has 0 amide bonds. The lowest BCUT2D eigenvalue weighted by Gasteiger charge is -2.41. The second kappa shape index (κ2) is 6.17. The first-order chi connectivity index (χ1) is 9.42. The molecule has 2 N–H and O–H groups in total. The zero-order chi connectivity index (χ0) is 14.8. The molecule has 112 valence electrons. The summed E-state index contributed by atoms with van der Waals surface area (Å²) in [5, 5.41) is 0. The van der Waals surface area contributed by atoms with Crippen molar-refractivity contribution >= 4 is 0 Å². The number of aryl methyl sites for hydroxylation is 1. The zero-order valence-corrected chi connectivity index (χ0v) is 13.4. The van der Waals surface area contributed by atoms with Crippen molar-refractivity contribution in [1.29, 1.82) is 0 Å². The van der Waals surface area contributed by atoms with E-state index in [4.69, 9.17) is 10.5 Å². The summed E-state index contributed by atoms with van der Waals surface area (Å²) in [6.07, 6.45) is 4.75. The van der Waals surface area contributed by atoms with Crippen molar-refractivity contribution in [3.63, 3.8) is 0 Å². The van der Waals surface area contributed by atoms with Gasteiger partial charge >= 0.3 is 0 Å². The second-order valence-electron chi connectivity index (χ2n) is 6.99. The van der Waals surface area contributed by atoms with Crippen LogP contribution in [0.5, 0.6) is 5.75 Å². The van der Waals surface area contributed by atoms with E-state index in [1.165, 1.54) is 18.4 Å². The highest BCUT2D eigenvalue weighted by molar-refractivity contribution is 5.27. The Morgan fingerprint density at radius 2 is 2.05 bits per heavy atom. The van der Waals surface area contributed by atoms with Gasteiger partial charge in [0.15, 0.2) is 0 Å². The van der Waals surface area contributed by atoms with Gasteiger partial charge in [0.2, 0.25) is 0 Å². The summed E-state index contributed by atoms with van der Waals surface area (Å²) in [7, 11) is 0. The number of hydrogen-bond donors (Lipinski definition) is 1. The summed E-state index contributed by atoms with van der Waals surface area (Å²) in [6.45, 7) is 9.12. The first-order valence-electron chi connectivity index (χ1n) is 7.91. The largest absolute Gasteiger partial charge is 0.489 e. The van der Waals surface area contributed by atoms with E-state index in [9.17, 15) is 0 Å². The van der Waals surface area contributed by atoms with Gasteiger partial charge in [0.05, 0.1) is 0 Å². The van der Waals surface area contributed by atoms with Crippen molar-refractivity contribution in [2.45, 2.75) is 65.5 Å². The van der Waals surface area contributed by atoms with Gasteiger partial charge in [-0.2, -0.15) is 0 Å². The maximum Gasteiger partial charge on any atom is 0.120 e. The fourth-order valence-corrected chi connectivity index (χ4v) is 3.15. The molecule has 0 aromatic heterocycles. The maximum absolute atomic E-state index is 6.29. The highest BCUT2D eigenvalue weighted by atomic mass is 16.5. The molecule has 0 heterocycles. The molecule has 2 heteroatoms. The molecule has 2 rings (SSSR count). The van der Waals surface area contributed by atoms with Crippen LogP contribution in [-0.2, 0) is 0 Å². The van der Waals surface area contributed by atoms with E-state index in [1.807, 2.05) is 12.1 Å². The van der Waals surface area contributed by atoms with E-state index in [0.29, 0.717) is 11.3 Å². The average molecular weight is 275 g/mol. The van der Waals surface area contributed by atoms with Gasteiger partial charge in [-0.1, -0.05) is 39.3 Å². The van der Waals surface area contributed by atoms with Crippen molar-refractivity contribution in [2.75, 3.05) is 0 Å². The lowest BCUT2D eigenvalue weighted by molar-refractivity contribution is 0.0502. The van der Waals surface area contributed by atoms with Crippen LogP contribution in [0, 0.1) is 18.3 Å². The lowest BCUT2D eigenvalue weighted by atomic mass is 9.68. The van der Waals surface area contributed by atoms with Gasteiger partial charge in [-0.05, 0) is 55.2 Å². The fraction of sp³-hybridized carbons (Fsp3) is 0.667. The highest BCUT2D eigenvalue weighted by Crippen LogP contribution is 2.41. The van der Waals surface area contributed by atoms with Crippen LogP contribution in [0.2, 0.25) is 0 Å². The van der Waals surface area contributed by atoms with Crippen LogP contribution in [-0.4, -0.2) is 12.1 Å². The van der Waals surface area contributed by atoms with Crippen molar-refractivity contribution < 1.29 is 4.74 Å². The van der Waals surface area contributed by atoms with Gasteiger partial charge < -0.3 is 10.5 Å². The Balaban J connectivity index is 2.06. The van der Waals surface area contributed by atoms with Crippen LogP contribution in [0.4, 0.5) is 0 Å². The predicted octanol–water partition coefficient (Wildman–Crippen LogP) is 4.31.